The smallest absolute Gasteiger partial charge is 0.282 e. The normalized spacial score (nSPS) is 30.6. The van der Waals surface area contributed by atoms with Crippen molar-refractivity contribution in [2.75, 3.05) is 13.1 Å². The zero-order valence-corrected chi connectivity index (χ0v) is 14.0. The third-order valence-corrected chi connectivity index (χ3v) is 7.03. The molecule has 0 bridgehead atoms. The second-order valence-electron chi connectivity index (χ2n) is 6.39. The summed E-state index contributed by atoms with van der Waals surface area (Å²) >= 11 is 0. The van der Waals surface area contributed by atoms with Crippen LogP contribution < -0.4 is 5.73 Å². The van der Waals surface area contributed by atoms with Crippen molar-refractivity contribution >= 4 is 16.1 Å². The van der Waals surface area contributed by atoms with Gasteiger partial charge in [-0.25, -0.2) is 0 Å². The number of primary amides is 1. The van der Waals surface area contributed by atoms with E-state index in [0.717, 1.165) is 12.8 Å². The summed E-state index contributed by atoms with van der Waals surface area (Å²) < 4.78 is 34.6. The Labute approximate surface area is 136 Å². The van der Waals surface area contributed by atoms with Crippen LogP contribution in [-0.4, -0.2) is 42.1 Å². The van der Waals surface area contributed by atoms with Crippen molar-refractivity contribution < 1.29 is 17.6 Å². The first-order valence-corrected chi connectivity index (χ1v) is 9.42. The van der Waals surface area contributed by atoms with E-state index >= 15 is 0 Å². The molecular formula is C15H23N3O4S. The first kappa shape index (κ1) is 16.5. The van der Waals surface area contributed by atoms with Gasteiger partial charge in [-0.3, -0.25) is 4.79 Å². The van der Waals surface area contributed by atoms with Crippen LogP contribution in [0.15, 0.2) is 22.8 Å². The van der Waals surface area contributed by atoms with E-state index in [1.54, 1.807) is 12.3 Å². The lowest BCUT2D eigenvalue weighted by molar-refractivity contribution is -0.123. The number of carbonyl (C=O) groups is 1. The van der Waals surface area contributed by atoms with Crippen LogP contribution in [0.3, 0.4) is 0 Å². The van der Waals surface area contributed by atoms with Crippen LogP contribution >= 0.6 is 0 Å². The van der Waals surface area contributed by atoms with Crippen molar-refractivity contribution in [1.29, 1.82) is 0 Å². The van der Waals surface area contributed by atoms with Crippen LogP contribution in [0.25, 0.3) is 0 Å². The number of nitrogens with zero attached hydrogens (tertiary/aromatic N) is 2. The fourth-order valence-electron chi connectivity index (χ4n) is 3.54. The van der Waals surface area contributed by atoms with Gasteiger partial charge in [0, 0.05) is 19.1 Å². The molecule has 3 atom stereocenters. The third-order valence-electron chi connectivity index (χ3n) is 4.90. The molecule has 0 aliphatic carbocycles. The van der Waals surface area contributed by atoms with E-state index in [1.165, 1.54) is 8.61 Å². The highest BCUT2D eigenvalue weighted by Crippen LogP contribution is 2.37. The van der Waals surface area contributed by atoms with E-state index in [9.17, 15) is 13.2 Å². The van der Waals surface area contributed by atoms with E-state index in [0.29, 0.717) is 25.1 Å². The Morgan fingerprint density at radius 3 is 2.74 bits per heavy atom. The van der Waals surface area contributed by atoms with Gasteiger partial charge in [0.05, 0.1) is 18.2 Å². The number of rotatable bonds is 4. The van der Waals surface area contributed by atoms with E-state index in [4.69, 9.17) is 10.2 Å². The first-order valence-electron chi connectivity index (χ1n) is 8.02. The summed E-state index contributed by atoms with van der Waals surface area (Å²) in [5, 5.41) is 0. The summed E-state index contributed by atoms with van der Waals surface area (Å²) in [5.74, 6) is -0.172. The maximum Gasteiger partial charge on any atom is 0.282 e. The Bertz CT molecular complexity index is 658. The fraction of sp³-hybridized carbons (Fsp3) is 0.667. The standard InChI is InChI=1S/C15H23N3O4S/c1-11-6-7-12(15(16)19)10-18(11)23(20,21)17-8-2-4-13(17)14-5-3-9-22-14/h3,5,9,11-13H,2,4,6-8,10H2,1H3,(H2,16,19)/t11-,12-,13+/m1/s1. The molecule has 2 N–H and O–H groups in total. The predicted octanol–water partition coefficient (Wildman–Crippen LogP) is 1.25. The number of amides is 1. The topological polar surface area (TPSA) is 96.8 Å². The van der Waals surface area contributed by atoms with E-state index in [2.05, 4.69) is 0 Å². The Balaban J connectivity index is 1.86. The Hall–Kier alpha value is -1.38. The fourth-order valence-corrected chi connectivity index (χ4v) is 5.63. The zero-order valence-electron chi connectivity index (χ0n) is 13.2. The van der Waals surface area contributed by atoms with E-state index in [-0.39, 0.29) is 18.6 Å². The molecule has 0 aromatic carbocycles. The number of furan rings is 1. The van der Waals surface area contributed by atoms with Crippen LogP contribution in [-0.2, 0) is 15.0 Å². The molecule has 0 radical (unpaired) electrons. The molecule has 1 amide bonds. The van der Waals surface area contributed by atoms with Gasteiger partial charge in [0.25, 0.3) is 10.2 Å². The van der Waals surface area contributed by atoms with Crippen molar-refractivity contribution in [1.82, 2.24) is 8.61 Å². The highest BCUT2D eigenvalue weighted by molar-refractivity contribution is 7.86. The molecule has 2 aliphatic heterocycles. The quantitative estimate of drug-likeness (QED) is 0.891. The second kappa shape index (κ2) is 6.26. The second-order valence-corrected chi connectivity index (χ2v) is 8.22. The molecule has 2 saturated heterocycles. The van der Waals surface area contributed by atoms with Crippen LogP contribution in [0, 0.1) is 5.92 Å². The number of hydrogen-bond acceptors (Lipinski definition) is 4. The van der Waals surface area contributed by atoms with Gasteiger partial charge in [-0.05, 0) is 44.7 Å². The van der Waals surface area contributed by atoms with Gasteiger partial charge in [-0.2, -0.15) is 17.0 Å². The number of hydrogen-bond donors (Lipinski definition) is 1. The van der Waals surface area contributed by atoms with Crippen LogP contribution in [0.4, 0.5) is 0 Å². The average Bonchev–Trinajstić information content (AvgIpc) is 3.18. The molecule has 3 rings (SSSR count). The molecule has 8 heteroatoms. The monoisotopic (exact) mass is 341 g/mol. The molecule has 7 nitrogen and oxygen atoms in total. The summed E-state index contributed by atoms with van der Waals surface area (Å²) in [7, 11) is -3.65. The molecule has 1 aromatic heterocycles. The van der Waals surface area contributed by atoms with Crippen LogP contribution in [0.1, 0.15) is 44.4 Å². The Kier molecular flexibility index (Phi) is 4.48. The maximum absolute atomic E-state index is 13.1. The first-order chi connectivity index (χ1) is 10.9. The van der Waals surface area contributed by atoms with Crippen molar-refractivity contribution in [3.8, 4) is 0 Å². The van der Waals surface area contributed by atoms with Gasteiger partial charge in [0.1, 0.15) is 5.76 Å². The maximum atomic E-state index is 13.1. The van der Waals surface area contributed by atoms with E-state index < -0.39 is 22.0 Å². The molecule has 23 heavy (non-hydrogen) atoms. The van der Waals surface area contributed by atoms with Gasteiger partial charge in [0.2, 0.25) is 5.91 Å². The van der Waals surface area contributed by atoms with Crippen molar-refractivity contribution in [3.63, 3.8) is 0 Å². The van der Waals surface area contributed by atoms with Crippen LogP contribution in [0.5, 0.6) is 0 Å². The summed E-state index contributed by atoms with van der Waals surface area (Å²) in [5.41, 5.74) is 5.39. The summed E-state index contributed by atoms with van der Waals surface area (Å²) in [6, 6.07) is 3.18. The van der Waals surface area contributed by atoms with Crippen molar-refractivity contribution in [2.45, 2.75) is 44.7 Å². The summed E-state index contributed by atoms with van der Waals surface area (Å²) in [4.78, 5) is 11.5. The molecule has 2 fully saturated rings. The lowest BCUT2D eigenvalue weighted by Crippen LogP contribution is -2.53. The predicted molar refractivity (Wildman–Crippen MR) is 84.4 cm³/mol. The van der Waals surface area contributed by atoms with Gasteiger partial charge in [-0.15, -0.1) is 0 Å². The highest BCUT2D eigenvalue weighted by Gasteiger charge is 2.44. The zero-order chi connectivity index (χ0) is 16.6. The highest BCUT2D eigenvalue weighted by atomic mass is 32.2. The minimum Gasteiger partial charge on any atom is -0.468 e. The summed E-state index contributed by atoms with van der Waals surface area (Å²) in [6.07, 6.45) is 4.39. The van der Waals surface area contributed by atoms with Gasteiger partial charge < -0.3 is 10.2 Å². The molecule has 2 aliphatic rings. The molecule has 0 saturated carbocycles. The van der Waals surface area contributed by atoms with Crippen LogP contribution in [0.2, 0.25) is 0 Å². The lowest BCUT2D eigenvalue weighted by atomic mass is 9.95. The molecule has 128 valence electrons. The van der Waals surface area contributed by atoms with Crippen molar-refractivity contribution in [3.05, 3.63) is 24.2 Å². The molecule has 1 aromatic rings. The minimum absolute atomic E-state index is 0.131. The Morgan fingerprint density at radius 1 is 1.30 bits per heavy atom. The van der Waals surface area contributed by atoms with Gasteiger partial charge in [-0.1, -0.05) is 0 Å². The van der Waals surface area contributed by atoms with Gasteiger partial charge >= 0.3 is 0 Å². The SMILES string of the molecule is C[C@@H]1CC[C@@H](C(N)=O)CN1S(=O)(=O)N1CCC[C@H]1c1ccco1. The molecule has 0 spiro atoms. The number of carbonyl (C=O) groups excluding carboxylic acids is 1. The molecular weight excluding hydrogens is 318 g/mol. The number of piperidine rings is 1. The minimum atomic E-state index is -3.65. The van der Waals surface area contributed by atoms with E-state index in [1.807, 2.05) is 13.0 Å². The largest absolute Gasteiger partial charge is 0.468 e. The summed E-state index contributed by atoms with van der Waals surface area (Å²) in [6.45, 7) is 2.52. The van der Waals surface area contributed by atoms with Gasteiger partial charge in [0.15, 0.2) is 0 Å². The number of nitrogens with two attached hydrogens (primary N) is 1. The molecule has 3 heterocycles. The average molecular weight is 341 g/mol. The third kappa shape index (κ3) is 3.02. The van der Waals surface area contributed by atoms with Crippen molar-refractivity contribution in [2.24, 2.45) is 11.7 Å². The molecule has 0 unspecified atom stereocenters. The Morgan fingerprint density at radius 2 is 2.09 bits per heavy atom. The lowest BCUT2D eigenvalue weighted by Gasteiger charge is -2.39.